The molecule has 12 heavy (non-hydrogen) atoms. The molecule has 1 saturated carbocycles. The molecule has 1 aliphatic rings. The normalized spacial score (nSPS) is 18.6. The first-order valence-corrected chi connectivity index (χ1v) is 5.03. The molecule has 0 amide bonds. The van der Waals surface area contributed by atoms with Crippen LogP contribution in [0.2, 0.25) is 0 Å². The van der Waals surface area contributed by atoms with E-state index in [0.717, 1.165) is 18.8 Å². The maximum absolute atomic E-state index is 5.16. The molecule has 0 atom stereocenters. The third-order valence-corrected chi connectivity index (χ3v) is 2.50. The first-order valence-electron chi connectivity index (χ1n) is 5.03. The van der Waals surface area contributed by atoms with Crippen LogP contribution in [-0.2, 0) is 0 Å². The van der Waals surface area contributed by atoms with Gasteiger partial charge in [0.2, 0.25) is 0 Å². The lowest BCUT2D eigenvalue weighted by Crippen LogP contribution is -1.84. The van der Waals surface area contributed by atoms with Crippen molar-refractivity contribution in [2.24, 2.45) is 5.92 Å². The van der Waals surface area contributed by atoms with Gasteiger partial charge in [0.25, 0.3) is 0 Å². The molecule has 0 spiro atoms. The zero-order valence-corrected chi connectivity index (χ0v) is 7.76. The molecule has 0 bridgehead atoms. The van der Waals surface area contributed by atoms with Crippen LogP contribution in [0.15, 0.2) is 12.2 Å². The monoisotopic (exact) mass is 162 g/mol. The largest absolute Gasteiger partial charge is 0.120 e. The SMILES string of the molecule is C#CCCC/C=C/C1CCCC1. The van der Waals surface area contributed by atoms with Crippen molar-refractivity contribution < 1.29 is 0 Å². The molecule has 0 heterocycles. The third kappa shape index (κ3) is 3.62. The lowest BCUT2D eigenvalue weighted by Gasteiger charge is -1.98. The molecule has 0 saturated heterocycles. The Bertz CT molecular complexity index is 165. The van der Waals surface area contributed by atoms with Crippen LogP contribution < -0.4 is 0 Å². The zero-order chi connectivity index (χ0) is 8.65. The Morgan fingerprint density at radius 1 is 1.33 bits per heavy atom. The maximum Gasteiger partial charge on any atom is 0.00890 e. The summed E-state index contributed by atoms with van der Waals surface area (Å²) in [5, 5.41) is 0. The highest BCUT2D eigenvalue weighted by molar-refractivity contribution is 4.92. The summed E-state index contributed by atoms with van der Waals surface area (Å²) in [5.74, 6) is 3.55. The first kappa shape index (κ1) is 9.39. The smallest absolute Gasteiger partial charge is 0.00890 e. The minimum absolute atomic E-state index is 0.885. The highest BCUT2D eigenvalue weighted by atomic mass is 14.2. The van der Waals surface area contributed by atoms with E-state index in [0.29, 0.717) is 0 Å². The van der Waals surface area contributed by atoms with Crippen molar-refractivity contribution in [1.82, 2.24) is 0 Å². The van der Waals surface area contributed by atoms with Crippen molar-refractivity contribution in [2.45, 2.75) is 44.9 Å². The second-order valence-electron chi connectivity index (χ2n) is 3.57. The van der Waals surface area contributed by atoms with Crippen LogP contribution in [0.4, 0.5) is 0 Å². The van der Waals surface area contributed by atoms with Gasteiger partial charge in [-0.1, -0.05) is 25.0 Å². The molecule has 0 heteroatoms. The zero-order valence-electron chi connectivity index (χ0n) is 7.76. The summed E-state index contributed by atoms with van der Waals surface area (Å²) in [4.78, 5) is 0. The maximum atomic E-state index is 5.16. The number of rotatable bonds is 4. The van der Waals surface area contributed by atoms with E-state index in [1.54, 1.807) is 0 Å². The van der Waals surface area contributed by atoms with Gasteiger partial charge < -0.3 is 0 Å². The molecule has 0 aromatic rings. The van der Waals surface area contributed by atoms with Crippen LogP contribution in [0, 0.1) is 18.3 Å². The Labute approximate surface area is 76.1 Å². The Balaban J connectivity index is 2.01. The molecular weight excluding hydrogens is 144 g/mol. The highest BCUT2D eigenvalue weighted by Gasteiger charge is 2.10. The number of allylic oxidation sites excluding steroid dienone is 2. The van der Waals surface area contributed by atoms with E-state index in [2.05, 4.69) is 18.1 Å². The average Bonchev–Trinajstić information content (AvgIpc) is 2.57. The standard InChI is InChI=1S/C12H18/c1-2-3-4-5-6-9-12-10-7-8-11-12/h1,6,9,12H,3-5,7-8,10-11H2/b9-6+. The van der Waals surface area contributed by atoms with Gasteiger partial charge in [-0.2, -0.15) is 0 Å². The molecule has 0 aliphatic heterocycles. The average molecular weight is 162 g/mol. The van der Waals surface area contributed by atoms with Gasteiger partial charge in [-0.15, -0.1) is 12.3 Å². The number of hydrogen-bond acceptors (Lipinski definition) is 0. The van der Waals surface area contributed by atoms with Crippen molar-refractivity contribution in [3.05, 3.63) is 12.2 Å². The second-order valence-corrected chi connectivity index (χ2v) is 3.57. The molecule has 0 radical (unpaired) electrons. The van der Waals surface area contributed by atoms with Crippen LogP contribution in [0.1, 0.15) is 44.9 Å². The van der Waals surface area contributed by atoms with Gasteiger partial charge >= 0.3 is 0 Å². The molecule has 0 nitrogen and oxygen atoms in total. The summed E-state index contributed by atoms with van der Waals surface area (Å²) in [6, 6.07) is 0. The minimum atomic E-state index is 0.885. The molecule has 0 aromatic carbocycles. The number of terminal acetylenes is 1. The van der Waals surface area contributed by atoms with Crippen LogP contribution in [0.5, 0.6) is 0 Å². The Kier molecular flexibility index (Phi) is 4.61. The van der Waals surface area contributed by atoms with E-state index in [1.807, 2.05) is 0 Å². The minimum Gasteiger partial charge on any atom is -0.120 e. The van der Waals surface area contributed by atoms with Crippen LogP contribution in [0.25, 0.3) is 0 Å². The predicted octanol–water partition coefficient (Wildman–Crippen LogP) is 3.54. The van der Waals surface area contributed by atoms with Crippen LogP contribution in [0.3, 0.4) is 0 Å². The summed E-state index contributed by atoms with van der Waals surface area (Å²) in [5.41, 5.74) is 0. The summed E-state index contributed by atoms with van der Waals surface area (Å²) in [7, 11) is 0. The molecule has 0 unspecified atom stereocenters. The van der Waals surface area contributed by atoms with E-state index >= 15 is 0 Å². The van der Waals surface area contributed by atoms with Crippen LogP contribution in [-0.4, -0.2) is 0 Å². The molecule has 0 aromatic heterocycles. The Hall–Kier alpha value is -0.700. The summed E-state index contributed by atoms with van der Waals surface area (Å²) in [6.45, 7) is 0. The lowest BCUT2D eigenvalue weighted by molar-refractivity contribution is 0.681. The summed E-state index contributed by atoms with van der Waals surface area (Å²) < 4.78 is 0. The van der Waals surface area contributed by atoms with Gasteiger partial charge in [0, 0.05) is 6.42 Å². The fourth-order valence-electron chi connectivity index (χ4n) is 1.76. The number of hydrogen-bond donors (Lipinski definition) is 0. The van der Waals surface area contributed by atoms with Gasteiger partial charge in [0.05, 0.1) is 0 Å². The molecule has 1 rings (SSSR count). The van der Waals surface area contributed by atoms with Crippen molar-refractivity contribution >= 4 is 0 Å². The Morgan fingerprint density at radius 2 is 2.08 bits per heavy atom. The first-order chi connectivity index (χ1) is 5.93. The second kappa shape index (κ2) is 5.89. The van der Waals surface area contributed by atoms with Crippen molar-refractivity contribution in [3.63, 3.8) is 0 Å². The van der Waals surface area contributed by atoms with E-state index in [1.165, 1.54) is 32.1 Å². The van der Waals surface area contributed by atoms with Crippen LogP contribution >= 0.6 is 0 Å². The van der Waals surface area contributed by atoms with Crippen molar-refractivity contribution in [1.29, 1.82) is 0 Å². The molecule has 1 fully saturated rings. The third-order valence-electron chi connectivity index (χ3n) is 2.50. The van der Waals surface area contributed by atoms with Gasteiger partial charge in [-0.3, -0.25) is 0 Å². The van der Waals surface area contributed by atoms with E-state index < -0.39 is 0 Å². The molecule has 66 valence electrons. The molecule has 0 N–H and O–H groups in total. The van der Waals surface area contributed by atoms with Gasteiger partial charge in [-0.25, -0.2) is 0 Å². The highest BCUT2D eigenvalue weighted by Crippen LogP contribution is 2.25. The van der Waals surface area contributed by atoms with Gasteiger partial charge in [0.15, 0.2) is 0 Å². The quantitative estimate of drug-likeness (QED) is 0.337. The fourth-order valence-corrected chi connectivity index (χ4v) is 1.76. The molecular formula is C12H18. The topological polar surface area (TPSA) is 0 Å². The van der Waals surface area contributed by atoms with Crippen molar-refractivity contribution in [3.8, 4) is 12.3 Å². The summed E-state index contributed by atoms with van der Waals surface area (Å²) >= 11 is 0. The van der Waals surface area contributed by atoms with Gasteiger partial charge in [-0.05, 0) is 31.6 Å². The lowest BCUT2D eigenvalue weighted by atomic mass is 10.1. The predicted molar refractivity (Wildman–Crippen MR) is 53.8 cm³/mol. The van der Waals surface area contributed by atoms with Crippen molar-refractivity contribution in [2.75, 3.05) is 0 Å². The number of unbranched alkanes of at least 4 members (excludes halogenated alkanes) is 2. The van der Waals surface area contributed by atoms with E-state index in [4.69, 9.17) is 6.42 Å². The van der Waals surface area contributed by atoms with E-state index in [-0.39, 0.29) is 0 Å². The Morgan fingerprint density at radius 3 is 2.75 bits per heavy atom. The summed E-state index contributed by atoms with van der Waals surface area (Å²) in [6.07, 6.45) is 18.8. The fraction of sp³-hybridized carbons (Fsp3) is 0.667. The molecule has 1 aliphatic carbocycles. The van der Waals surface area contributed by atoms with E-state index in [9.17, 15) is 0 Å². The van der Waals surface area contributed by atoms with Gasteiger partial charge in [0.1, 0.15) is 0 Å².